The van der Waals surface area contributed by atoms with E-state index in [0.717, 1.165) is 26.0 Å². The molecule has 2 aliphatic rings. The Morgan fingerprint density at radius 2 is 2.29 bits per heavy atom. The van der Waals surface area contributed by atoms with Gasteiger partial charge in [-0.15, -0.1) is 11.3 Å². The summed E-state index contributed by atoms with van der Waals surface area (Å²) in [5, 5.41) is 3.05. The summed E-state index contributed by atoms with van der Waals surface area (Å²) in [6.07, 6.45) is 4.97. The van der Waals surface area contributed by atoms with E-state index < -0.39 is 0 Å². The maximum Gasteiger partial charge on any atom is 0.234 e. The number of hydrogen-bond donors (Lipinski definition) is 1. The van der Waals surface area contributed by atoms with Crippen LogP contribution >= 0.6 is 11.3 Å². The van der Waals surface area contributed by atoms with Gasteiger partial charge >= 0.3 is 0 Å². The van der Waals surface area contributed by atoms with E-state index in [9.17, 15) is 4.79 Å². The predicted molar refractivity (Wildman–Crippen MR) is 84.5 cm³/mol. The zero-order valence-electron chi connectivity index (χ0n) is 12.6. The summed E-state index contributed by atoms with van der Waals surface area (Å²) >= 11 is 1.79. The first-order valence-electron chi connectivity index (χ1n) is 7.96. The van der Waals surface area contributed by atoms with Gasteiger partial charge in [-0.25, -0.2) is 0 Å². The van der Waals surface area contributed by atoms with Crippen LogP contribution in [-0.2, 0) is 22.5 Å². The number of aryl methyl sites for hydroxylation is 1. The third kappa shape index (κ3) is 3.65. The SMILES string of the molecule is CCc1ccc(CNC(=O)CN2CCO[C@@H]3CCC[C@H]32)s1. The number of rotatable bonds is 5. The average molecular weight is 308 g/mol. The summed E-state index contributed by atoms with van der Waals surface area (Å²) in [4.78, 5) is 17.1. The van der Waals surface area contributed by atoms with E-state index >= 15 is 0 Å². The molecule has 2 atom stereocenters. The number of carbonyl (C=O) groups excluding carboxylic acids is 1. The molecular weight excluding hydrogens is 284 g/mol. The number of fused-ring (bicyclic) bond motifs is 1. The summed E-state index contributed by atoms with van der Waals surface area (Å²) in [6.45, 7) is 4.97. The van der Waals surface area contributed by atoms with Gasteiger partial charge in [-0.05, 0) is 37.8 Å². The van der Waals surface area contributed by atoms with Crippen LogP contribution in [0.5, 0.6) is 0 Å². The summed E-state index contributed by atoms with van der Waals surface area (Å²) in [7, 11) is 0. The molecule has 0 unspecified atom stereocenters. The lowest BCUT2D eigenvalue weighted by atomic mass is 10.1. The number of morpholine rings is 1. The van der Waals surface area contributed by atoms with Gasteiger partial charge in [-0.3, -0.25) is 9.69 Å². The highest BCUT2D eigenvalue weighted by Crippen LogP contribution is 2.29. The lowest BCUT2D eigenvalue weighted by molar-refractivity contribution is -0.126. The minimum Gasteiger partial charge on any atom is -0.375 e. The molecule has 21 heavy (non-hydrogen) atoms. The van der Waals surface area contributed by atoms with E-state index in [1.165, 1.54) is 22.6 Å². The molecule has 1 N–H and O–H groups in total. The number of nitrogens with one attached hydrogen (secondary N) is 1. The van der Waals surface area contributed by atoms with Crippen molar-refractivity contribution in [2.75, 3.05) is 19.7 Å². The van der Waals surface area contributed by atoms with Crippen molar-refractivity contribution in [3.05, 3.63) is 21.9 Å². The molecule has 1 aliphatic heterocycles. The normalized spacial score (nSPS) is 25.8. The van der Waals surface area contributed by atoms with Crippen molar-refractivity contribution in [3.63, 3.8) is 0 Å². The van der Waals surface area contributed by atoms with E-state index in [1.807, 2.05) is 0 Å². The molecule has 116 valence electrons. The van der Waals surface area contributed by atoms with Gasteiger partial charge in [0.15, 0.2) is 0 Å². The topological polar surface area (TPSA) is 41.6 Å². The second-order valence-electron chi connectivity index (χ2n) is 5.88. The Morgan fingerprint density at radius 1 is 1.43 bits per heavy atom. The molecular formula is C16H24N2O2S. The molecule has 2 heterocycles. The molecule has 1 amide bonds. The van der Waals surface area contributed by atoms with Crippen LogP contribution in [0.4, 0.5) is 0 Å². The maximum absolute atomic E-state index is 12.2. The Labute approximate surface area is 130 Å². The molecule has 4 nitrogen and oxygen atoms in total. The second-order valence-corrected chi connectivity index (χ2v) is 7.13. The minimum atomic E-state index is 0.133. The van der Waals surface area contributed by atoms with Gasteiger partial charge < -0.3 is 10.1 Å². The number of hydrogen-bond acceptors (Lipinski definition) is 4. The van der Waals surface area contributed by atoms with Crippen molar-refractivity contribution in [2.24, 2.45) is 0 Å². The summed E-state index contributed by atoms with van der Waals surface area (Å²) in [5.74, 6) is 0.133. The van der Waals surface area contributed by atoms with Crippen molar-refractivity contribution in [1.29, 1.82) is 0 Å². The summed E-state index contributed by atoms with van der Waals surface area (Å²) in [6, 6.07) is 4.72. The fourth-order valence-corrected chi connectivity index (χ4v) is 4.23. The highest BCUT2D eigenvalue weighted by atomic mass is 32.1. The van der Waals surface area contributed by atoms with Gasteiger partial charge in [0.2, 0.25) is 5.91 Å². The predicted octanol–water partition coefficient (Wildman–Crippen LogP) is 2.18. The second kappa shape index (κ2) is 6.90. The van der Waals surface area contributed by atoms with Crippen LogP contribution in [0.1, 0.15) is 35.9 Å². The molecule has 1 saturated carbocycles. The van der Waals surface area contributed by atoms with E-state index in [0.29, 0.717) is 25.2 Å². The molecule has 0 spiro atoms. The third-order valence-electron chi connectivity index (χ3n) is 4.47. The highest BCUT2D eigenvalue weighted by molar-refractivity contribution is 7.11. The Morgan fingerprint density at radius 3 is 3.10 bits per heavy atom. The number of ether oxygens (including phenoxy) is 1. The third-order valence-corrected chi connectivity index (χ3v) is 5.70. The highest BCUT2D eigenvalue weighted by Gasteiger charge is 2.36. The molecule has 1 aromatic rings. The van der Waals surface area contributed by atoms with E-state index in [4.69, 9.17) is 4.74 Å². The van der Waals surface area contributed by atoms with Crippen LogP contribution in [0, 0.1) is 0 Å². The molecule has 0 aromatic carbocycles. The van der Waals surface area contributed by atoms with Gasteiger partial charge in [0.05, 0.1) is 25.8 Å². The Hall–Kier alpha value is -0.910. The number of amides is 1. The van der Waals surface area contributed by atoms with Crippen LogP contribution in [0.2, 0.25) is 0 Å². The summed E-state index contributed by atoms with van der Waals surface area (Å²) < 4.78 is 5.79. The van der Waals surface area contributed by atoms with Crippen LogP contribution in [0.15, 0.2) is 12.1 Å². The van der Waals surface area contributed by atoms with Crippen molar-refractivity contribution >= 4 is 17.2 Å². The molecule has 0 bridgehead atoms. The Balaban J connectivity index is 1.47. The van der Waals surface area contributed by atoms with Crippen LogP contribution in [0.25, 0.3) is 0 Å². The fourth-order valence-electron chi connectivity index (χ4n) is 3.34. The van der Waals surface area contributed by atoms with Gasteiger partial charge in [0.25, 0.3) is 0 Å². The molecule has 2 fully saturated rings. The van der Waals surface area contributed by atoms with Crippen LogP contribution < -0.4 is 5.32 Å². The molecule has 1 aromatic heterocycles. The molecule has 1 saturated heterocycles. The van der Waals surface area contributed by atoms with Crippen molar-refractivity contribution < 1.29 is 9.53 Å². The van der Waals surface area contributed by atoms with Crippen LogP contribution in [0.3, 0.4) is 0 Å². The molecule has 5 heteroatoms. The van der Waals surface area contributed by atoms with Crippen molar-refractivity contribution in [1.82, 2.24) is 10.2 Å². The first-order valence-corrected chi connectivity index (χ1v) is 8.78. The maximum atomic E-state index is 12.2. The van der Waals surface area contributed by atoms with E-state index in [-0.39, 0.29) is 5.91 Å². The van der Waals surface area contributed by atoms with Gasteiger partial charge in [0.1, 0.15) is 0 Å². The Kier molecular flexibility index (Phi) is 4.93. The number of carbonyl (C=O) groups is 1. The first kappa shape index (κ1) is 15.0. The standard InChI is InChI=1S/C16H24N2O2S/c1-2-12-6-7-13(21-12)10-17-16(19)11-18-8-9-20-15-5-3-4-14(15)18/h6-7,14-15H,2-5,8-11H2,1H3,(H,17,19)/t14-,15-/m1/s1. The lowest BCUT2D eigenvalue weighted by Crippen LogP contribution is -2.51. The van der Waals surface area contributed by atoms with Gasteiger partial charge in [-0.2, -0.15) is 0 Å². The fraction of sp³-hybridized carbons (Fsp3) is 0.688. The molecule has 0 radical (unpaired) electrons. The minimum absolute atomic E-state index is 0.133. The zero-order chi connectivity index (χ0) is 14.7. The largest absolute Gasteiger partial charge is 0.375 e. The lowest BCUT2D eigenvalue weighted by Gasteiger charge is -2.37. The van der Waals surface area contributed by atoms with Gasteiger partial charge in [0, 0.05) is 22.3 Å². The quantitative estimate of drug-likeness (QED) is 0.906. The van der Waals surface area contributed by atoms with Crippen molar-refractivity contribution in [3.8, 4) is 0 Å². The smallest absolute Gasteiger partial charge is 0.234 e. The van der Waals surface area contributed by atoms with Crippen molar-refractivity contribution in [2.45, 2.75) is 51.3 Å². The monoisotopic (exact) mass is 308 g/mol. The summed E-state index contributed by atoms with van der Waals surface area (Å²) in [5.41, 5.74) is 0. The Bertz CT molecular complexity index is 488. The first-order chi connectivity index (χ1) is 10.3. The van der Waals surface area contributed by atoms with Crippen LogP contribution in [-0.4, -0.2) is 42.6 Å². The zero-order valence-corrected chi connectivity index (χ0v) is 13.5. The van der Waals surface area contributed by atoms with Gasteiger partial charge in [-0.1, -0.05) is 6.92 Å². The molecule has 1 aliphatic carbocycles. The van der Waals surface area contributed by atoms with E-state index in [1.54, 1.807) is 11.3 Å². The average Bonchev–Trinajstić information content (AvgIpc) is 3.14. The number of thiophene rings is 1. The number of nitrogens with zero attached hydrogens (tertiary/aromatic N) is 1. The molecule has 3 rings (SSSR count). The van der Waals surface area contributed by atoms with E-state index in [2.05, 4.69) is 29.3 Å².